The fraction of sp³-hybridized carbons (Fsp3) is 0.0714. The van der Waals surface area contributed by atoms with Crippen LogP contribution in [0.5, 0.6) is 0 Å². The maximum Gasteiger partial charge on any atom is 0.354 e. The van der Waals surface area contributed by atoms with Gasteiger partial charge >= 0.3 is 12.0 Å². The number of anilines is 2. The van der Waals surface area contributed by atoms with E-state index in [-0.39, 0.29) is 5.69 Å². The smallest absolute Gasteiger partial charge is 0.354 e. The van der Waals surface area contributed by atoms with E-state index in [2.05, 4.69) is 15.6 Å². The minimum absolute atomic E-state index is 0.127. The average molecular weight is 271 g/mol. The van der Waals surface area contributed by atoms with E-state index >= 15 is 0 Å². The summed E-state index contributed by atoms with van der Waals surface area (Å²) < 4.78 is 0. The number of carbonyl (C=O) groups excluding carboxylic acids is 1. The number of carboxylic acids is 1. The maximum atomic E-state index is 11.8. The number of hydrogen-bond donors (Lipinski definition) is 3. The highest BCUT2D eigenvalue weighted by Gasteiger charge is 2.07. The van der Waals surface area contributed by atoms with Crippen LogP contribution in [-0.2, 0) is 0 Å². The van der Waals surface area contributed by atoms with Gasteiger partial charge in [-0.2, -0.15) is 0 Å². The SMILES string of the molecule is Cc1cccc(NC(=O)Nc2ccnc(C(=O)O)c2)c1. The van der Waals surface area contributed by atoms with Crippen LogP contribution >= 0.6 is 0 Å². The number of urea groups is 1. The van der Waals surface area contributed by atoms with Gasteiger partial charge in [0.15, 0.2) is 0 Å². The molecule has 6 nitrogen and oxygen atoms in total. The molecule has 20 heavy (non-hydrogen) atoms. The third kappa shape index (κ3) is 3.55. The highest BCUT2D eigenvalue weighted by molar-refractivity contribution is 6.00. The van der Waals surface area contributed by atoms with Crippen molar-refractivity contribution in [2.24, 2.45) is 0 Å². The van der Waals surface area contributed by atoms with E-state index in [0.717, 1.165) is 5.56 Å². The topological polar surface area (TPSA) is 91.3 Å². The van der Waals surface area contributed by atoms with E-state index in [1.165, 1.54) is 18.3 Å². The minimum Gasteiger partial charge on any atom is -0.477 e. The van der Waals surface area contributed by atoms with Crippen molar-refractivity contribution < 1.29 is 14.7 Å². The summed E-state index contributed by atoms with van der Waals surface area (Å²) in [7, 11) is 0. The molecule has 1 aromatic carbocycles. The predicted octanol–water partition coefficient (Wildman–Crippen LogP) is 2.73. The Kier molecular flexibility index (Phi) is 3.95. The lowest BCUT2D eigenvalue weighted by Gasteiger charge is -2.08. The summed E-state index contributed by atoms with van der Waals surface area (Å²) in [6.07, 6.45) is 1.33. The summed E-state index contributed by atoms with van der Waals surface area (Å²) >= 11 is 0. The Morgan fingerprint density at radius 1 is 1.10 bits per heavy atom. The van der Waals surface area contributed by atoms with E-state index in [9.17, 15) is 9.59 Å². The lowest BCUT2D eigenvalue weighted by Crippen LogP contribution is -2.19. The number of hydrogen-bond acceptors (Lipinski definition) is 3. The first-order chi connectivity index (χ1) is 9.54. The first-order valence-electron chi connectivity index (χ1n) is 5.88. The van der Waals surface area contributed by atoms with Crippen LogP contribution in [0, 0.1) is 6.92 Å². The van der Waals surface area contributed by atoms with Crippen LogP contribution in [0.15, 0.2) is 42.6 Å². The van der Waals surface area contributed by atoms with Gasteiger partial charge in [-0.15, -0.1) is 0 Å². The number of pyridine rings is 1. The molecule has 0 radical (unpaired) electrons. The van der Waals surface area contributed by atoms with Crippen LogP contribution in [0.1, 0.15) is 16.1 Å². The van der Waals surface area contributed by atoms with Crippen LogP contribution in [-0.4, -0.2) is 22.1 Å². The second-order valence-corrected chi connectivity index (χ2v) is 4.18. The Bertz CT molecular complexity index is 656. The lowest BCUT2D eigenvalue weighted by molar-refractivity contribution is 0.0690. The van der Waals surface area contributed by atoms with Gasteiger partial charge in [-0.25, -0.2) is 14.6 Å². The summed E-state index contributed by atoms with van der Waals surface area (Å²) in [4.78, 5) is 26.2. The Hall–Kier alpha value is -2.89. The molecular formula is C14H13N3O3. The van der Waals surface area contributed by atoms with E-state index < -0.39 is 12.0 Å². The molecule has 0 aliphatic heterocycles. The maximum absolute atomic E-state index is 11.8. The Labute approximate surface area is 115 Å². The number of rotatable bonds is 3. The zero-order valence-corrected chi connectivity index (χ0v) is 10.8. The van der Waals surface area contributed by atoms with Crippen LogP contribution in [0.2, 0.25) is 0 Å². The van der Waals surface area contributed by atoms with Gasteiger partial charge < -0.3 is 15.7 Å². The van der Waals surface area contributed by atoms with Crippen molar-refractivity contribution >= 4 is 23.4 Å². The number of amides is 2. The Morgan fingerprint density at radius 2 is 1.80 bits per heavy atom. The molecule has 0 bridgehead atoms. The van der Waals surface area contributed by atoms with Gasteiger partial charge in [0.2, 0.25) is 0 Å². The molecule has 0 aliphatic rings. The summed E-state index contributed by atoms with van der Waals surface area (Å²) in [6, 6.07) is 9.71. The van der Waals surface area contributed by atoms with Crippen LogP contribution in [0.25, 0.3) is 0 Å². The van der Waals surface area contributed by atoms with E-state index in [0.29, 0.717) is 11.4 Å². The molecule has 2 aromatic rings. The minimum atomic E-state index is -1.15. The average Bonchev–Trinajstić information content (AvgIpc) is 2.38. The van der Waals surface area contributed by atoms with Crippen molar-refractivity contribution in [1.82, 2.24) is 4.98 Å². The standard InChI is InChI=1S/C14H13N3O3/c1-9-3-2-4-10(7-9)16-14(20)17-11-5-6-15-12(8-11)13(18)19/h2-8H,1H3,(H,18,19)(H2,15,16,17,20). The number of carboxylic acid groups (broad SMARTS) is 1. The highest BCUT2D eigenvalue weighted by Crippen LogP contribution is 2.12. The molecule has 2 amide bonds. The molecule has 0 saturated carbocycles. The molecule has 0 saturated heterocycles. The summed E-state index contributed by atoms with van der Waals surface area (Å²) in [5, 5.41) is 14.0. The molecule has 0 aliphatic carbocycles. The monoisotopic (exact) mass is 271 g/mol. The number of benzene rings is 1. The van der Waals surface area contributed by atoms with E-state index in [1.807, 2.05) is 25.1 Å². The first kappa shape index (κ1) is 13.5. The second-order valence-electron chi connectivity index (χ2n) is 4.18. The van der Waals surface area contributed by atoms with Gasteiger partial charge in [-0.3, -0.25) is 0 Å². The van der Waals surface area contributed by atoms with Crippen molar-refractivity contribution in [1.29, 1.82) is 0 Å². The van der Waals surface area contributed by atoms with Crippen molar-refractivity contribution in [2.45, 2.75) is 6.92 Å². The Morgan fingerprint density at radius 3 is 2.45 bits per heavy atom. The van der Waals surface area contributed by atoms with Crippen molar-refractivity contribution in [3.63, 3.8) is 0 Å². The van der Waals surface area contributed by atoms with Crippen molar-refractivity contribution in [2.75, 3.05) is 10.6 Å². The largest absolute Gasteiger partial charge is 0.477 e. The molecule has 0 spiro atoms. The van der Waals surface area contributed by atoms with Gasteiger partial charge in [0.05, 0.1) is 0 Å². The number of nitrogens with zero attached hydrogens (tertiary/aromatic N) is 1. The Balaban J connectivity index is 2.04. The number of nitrogens with one attached hydrogen (secondary N) is 2. The van der Waals surface area contributed by atoms with Crippen LogP contribution in [0.3, 0.4) is 0 Å². The molecule has 1 aromatic heterocycles. The summed E-state index contributed by atoms with van der Waals surface area (Å²) in [5.74, 6) is -1.15. The van der Waals surface area contributed by atoms with Crippen molar-refractivity contribution in [3.8, 4) is 0 Å². The number of aromatic nitrogens is 1. The molecule has 0 atom stereocenters. The van der Waals surface area contributed by atoms with E-state index in [4.69, 9.17) is 5.11 Å². The third-order valence-corrected chi connectivity index (χ3v) is 2.51. The van der Waals surface area contributed by atoms with Gasteiger partial charge in [-0.1, -0.05) is 12.1 Å². The quantitative estimate of drug-likeness (QED) is 0.800. The molecule has 3 N–H and O–H groups in total. The fourth-order valence-electron chi connectivity index (χ4n) is 1.64. The molecule has 1 heterocycles. The van der Waals surface area contributed by atoms with Crippen LogP contribution < -0.4 is 10.6 Å². The van der Waals surface area contributed by atoms with Gasteiger partial charge in [-0.05, 0) is 36.8 Å². The zero-order valence-electron chi connectivity index (χ0n) is 10.8. The molecule has 2 rings (SSSR count). The number of aryl methyl sites for hydroxylation is 1. The molecule has 102 valence electrons. The second kappa shape index (κ2) is 5.83. The first-order valence-corrected chi connectivity index (χ1v) is 5.88. The lowest BCUT2D eigenvalue weighted by atomic mass is 10.2. The third-order valence-electron chi connectivity index (χ3n) is 2.51. The van der Waals surface area contributed by atoms with Gasteiger partial charge in [0.25, 0.3) is 0 Å². The number of carbonyl (C=O) groups is 2. The molecular weight excluding hydrogens is 258 g/mol. The summed E-state index contributed by atoms with van der Waals surface area (Å²) in [5.41, 5.74) is 1.93. The molecule has 6 heteroatoms. The van der Waals surface area contributed by atoms with Crippen LogP contribution in [0.4, 0.5) is 16.2 Å². The fourth-order valence-corrected chi connectivity index (χ4v) is 1.64. The molecule has 0 fully saturated rings. The molecule has 0 unspecified atom stereocenters. The van der Waals surface area contributed by atoms with Crippen molar-refractivity contribution in [3.05, 3.63) is 53.9 Å². The normalized spacial score (nSPS) is 9.85. The van der Waals surface area contributed by atoms with E-state index in [1.54, 1.807) is 6.07 Å². The summed E-state index contributed by atoms with van der Waals surface area (Å²) in [6.45, 7) is 1.92. The highest BCUT2D eigenvalue weighted by atomic mass is 16.4. The van der Waals surface area contributed by atoms with Gasteiger partial charge in [0, 0.05) is 17.6 Å². The predicted molar refractivity (Wildman–Crippen MR) is 75.0 cm³/mol. The van der Waals surface area contributed by atoms with Gasteiger partial charge in [0.1, 0.15) is 5.69 Å². The zero-order chi connectivity index (χ0) is 14.5. The number of aromatic carboxylic acids is 1.